The number of carbonyl (C=O) groups is 2. The minimum Gasteiger partial charge on any atom is -0.273 e. The summed E-state index contributed by atoms with van der Waals surface area (Å²) in [4.78, 5) is 24.4. The SMILES string of the molecule is O=C1Cc2ccccc2N(C(=O)c2ccccc2Br)N1. The van der Waals surface area contributed by atoms with Gasteiger partial charge in [0.15, 0.2) is 0 Å². The van der Waals surface area contributed by atoms with E-state index in [1.807, 2.05) is 30.3 Å². The second-order valence-electron chi connectivity index (χ2n) is 4.46. The highest BCUT2D eigenvalue weighted by molar-refractivity contribution is 9.10. The Labute approximate surface area is 124 Å². The quantitative estimate of drug-likeness (QED) is 0.873. The minimum atomic E-state index is -0.266. The van der Waals surface area contributed by atoms with Crippen LogP contribution in [-0.4, -0.2) is 11.8 Å². The Morgan fingerprint density at radius 1 is 1.10 bits per heavy atom. The smallest absolute Gasteiger partial charge is 0.273 e. The van der Waals surface area contributed by atoms with Crippen molar-refractivity contribution in [3.8, 4) is 0 Å². The summed E-state index contributed by atoms with van der Waals surface area (Å²) in [5.41, 5.74) is 4.69. The van der Waals surface area contributed by atoms with Gasteiger partial charge in [0, 0.05) is 4.47 Å². The fraction of sp³-hybridized carbons (Fsp3) is 0.0667. The summed E-state index contributed by atoms with van der Waals surface area (Å²) in [6.07, 6.45) is 0.288. The number of amides is 2. The first-order chi connectivity index (χ1) is 9.66. The molecule has 1 aliphatic rings. The summed E-state index contributed by atoms with van der Waals surface area (Å²) in [7, 11) is 0. The Kier molecular flexibility index (Phi) is 3.28. The third kappa shape index (κ3) is 2.20. The van der Waals surface area contributed by atoms with Crippen LogP contribution in [0.1, 0.15) is 15.9 Å². The molecular weight excluding hydrogens is 320 g/mol. The maximum absolute atomic E-state index is 12.6. The number of benzene rings is 2. The predicted octanol–water partition coefficient (Wildman–Crippen LogP) is 2.68. The van der Waals surface area contributed by atoms with Crippen LogP contribution in [0.5, 0.6) is 0 Å². The van der Waals surface area contributed by atoms with Crippen molar-refractivity contribution in [3.05, 3.63) is 64.1 Å². The Hall–Kier alpha value is -2.14. The van der Waals surface area contributed by atoms with Gasteiger partial charge in [0.05, 0.1) is 17.7 Å². The lowest BCUT2D eigenvalue weighted by atomic mass is 10.1. The van der Waals surface area contributed by atoms with Gasteiger partial charge in [-0.25, -0.2) is 5.01 Å². The Bertz CT molecular complexity index is 700. The van der Waals surface area contributed by atoms with E-state index in [2.05, 4.69) is 21.4 Å². The van der Waals surface area contributed by atoms with Crippen LogP contribution < -0.4 is 10.4 Å². The molecule has 0 saturated heterocycles. The van der Waals surface area contributed by atoms with Crippen molar-refractivity contribution >= 4 is 33.4 Å². The van der Waals surface area contributed by atoms with Crippen molar-refractivity contribution in [3.63, 3.8) is 0 Å². The summed E-state index contributed by atoms with van der Waals surface area (Å²) in [6.45, 7) is 0. The number of nitrogens with one attached hydrogen (secondary N) is 1. The summed E-state index contributed by atoms with van der Waals surface area (Å²) >= 11 is 3.36. The monoisotopic (exact) mass is 330 g/mol. The number of hydrazine groups is 1. The summed E-state index contributed by atoms with van der Waals surface area (Å²) in [6, 6.07) is 14.5. The lowest BCUT2D eigenvalue weighted by molar-refractivity contribution is -0.120. The van der Waals surface area contributed by atoms with E-state index in [9.17, 15) is 9.59 Å². The van der Waals surface area contributed by atoms with Crippen LogP contribution in [0.25, 0.3) is 0 Å². The summed E-state index contributed by atoms with van der Waals surface area (Å²) in [5.74, 6) is -0.456. The zero-order chi connectivity index (χ0) is 14.1. The first kappa shape index (κ1) is 12.9. The Morgan fingerprint density at radius 3 is 2.60 bits per heavy atom. The highest BCUT2D eigenvalue weighted by Gasteiger charge is 2.27. The van der Waals surface area contributed by atoms with Crippen molar-refractivity contribution in [2.45, 2.75) is 6.42 Å². The molecule has 2 aromatic rings. The molecule has 0 aromatic heterocycles. The standard InChI is InChI=1S/C15H11BrN2O2/c16-12-7-3-2-6-11(12)15(20)18-13-8-4-1-5-10(13)9-14(19)17-18/h1-8H,9H2,(H,17,19). The number of rotatable bonds is 1. The molecule has 3 rings (SSSR count). The lowest BCUT2D eigenvalue weighted by Gasteiger charge is -2.29. The highest BCUT2D eigenvalue weighted by atomic mass is 79.9. The van der Waals surface area contributed by atoms with Gasteiger partial charge in [-0.05, 0) is 39.7 Å². The van der Waals surface area contributed by atoms with Crippen molar-refractivity contribution in [2.24, 2.45) is 0 Å². The molecule has 2 amide bonds. The molecule has 0 saturated carbocycles. The highest BCUT2D eigenvalue weighted by Crippen LogP contribution is 2.26. The van der Waals surface area contributed by atoms with Gasteiger partial charge in [0.25, 0.3) is 5.91 Å². The van der Waals surface area contributed by atoms with E-state index >= 15 is 0 Å². The Morgan fingerprint density at radius 2 is 1.80 bits per heavy atom. The lowest BCUT2D eigenvalue weighted by Crippen LogP contribution is -2.50. The normalized spacial score (nSPS) is 13.7. The maximum Gasteiger partial charge on any atom is 0.278 e. The van der Waals surface area contributed by atoms with Crippen LogP contribution in [0.2, 0.25) is 0 Å². The molecular formula is C15H11BrN2O2. The Balaban J connectivity index is 2.05. The molecule has 1 aliphatic heterocycles. The van der Waals surface area contributed by atoms with E-state index in [4.69, 9.17) is 0 Å². The van der Waals surface area contributed by atoms with Crippen LogP contribution >= 0.6 is 15.9 Å². The maximum atomic E-state index is 12.6. The number of para-hydroxylation sites is 1. The predicted molar refractivity (Wildman–Crippen MR) is 79.2 cm³/mol. The topological polar surface area (TPSA) is 49.4 Å². The molecule has 1 N–H and O–H groups in total. The molecule has 5 heteroatoms. The van der Waals surface area contributed by atoms with Crippen LogP contribution in [0.3, 0.4) is 0 Å². The molecule has 0 bridgehead atoms. The number of hydrogen-bond donors (Lipinski definition) is 1. The molecule has 4 nitrogen and oxygen atoms in total. The van der Waals surface area contributed by atoms with Crippen molar-refractivity contribution < 1.29 is 9.59 Å². The number of anilines is 1. The number of halogens is 1. The third-order valence-corrected chi connectivity index (χ3v) is 3.82. The van der Waals surface area contributed by atoms with Gasteiger partial charge in [0.2, 0.25) is 5.91 Å². The fourth-order valence-electron chi connectivity index (χ4n) is 2.19. The van der Waals surface area contributed by atoms with Crippen LogP contribution in [-0.2, 0) is 11.2 Å². The van der Waals surface area contributed by atoms with Crippen LogP contribution in [0, 0.1) is 0 Å². The van der Waals surface area contributed by atoms with Gasteiger partial charge in [-0.3, -0.25) is 15.0 Å². The average molecular weight is 331 g/mol. The van der Waals surface area contributed by atoms with E-state index in [1.54, 1.807) is 18.2 Å². The van der Waals surface area contributed by atoms with Crippen molar-refractivity contribution in [1.29, 1.82) is 0 Å². The van der Waals surface area contributed by atoms with Gasteiger partial charge in [-0.2, -0.15) is 0 Å². The fourth-order valence-corrected chi connectivity index (χ4v) is 2.65. The largest absolute Gasteiger partial charge is 0.278 e. The first-order valence-corrected chi connectivity index (χ1v) is 6.92. The summed E-state index contributed by atoms with van der Waals surface area (Å²) < 4.78 is 0.697. The molecule has 0 fully saturated rings. The average Bonchev–Trinajstić information content (AvgIpc) is 2.46. The van der Waals surface area contributed by atoms with Gasteiger partial charge in [-0.1, -0.05) is 30.3 Å². The zero-order valence-corrected chi connectivity index (χ0v) is 12.1. The van der Waals surface area contributed by atoms with E-state index < -0.39 is 0 Å². The molecule has 2 aromatic carbocycles. The van der Waals surface area contributed by atoms with E-state index in [-0.39, 0.29) is 18.2 Å². The molecule has 100 valence electrons. The molecule has 20 heavy (non-hydrogen) atoms. The number of fused-ring (bicyclic) bond motifs is 1. The third-order valence-electron chi connectivity index (χ3n) is 3.13. The van der Waals surface area contributed by atoms with E-state index in [0.717, 1.165) is 5.56 Å². The second-order valence-corrected chi connectivity index (χ2v) is 5.32. The van der Waals surface area contributed by atoms with Gasteiger partial charge in [-0.15, -0.1) is 0 Å². The molecule has 0 atom stereocenters. The summed E-state index contributed by atoms with van der Waals surface area (Å²) in [5, 5.41) is 1.31. The van der Waals surface area contributed by atoms with Crippen molar-refractivity contribution in [1.82, 2.24) is 5.43 Å². The van der Waals surface area contributed by atoms with Gasteiger partial charge in [0.1, 0.15) is 0 Å². The van der Waals surface area contributed by atoms with E-state index in [0.29, 0.717) is 15.7 Å². The zero-order valence-electron chi connectivity index (χ0n) is 10.5. The second kappa shape index (κ2) is 5.09. The van der Waals surface area contributed by atoms with Crippen molar-refractivity contribution in [2.75, 3.05) is 5.01 Å². The molecule has 0 spiro atoms. The molecule has 0 aliphatic carbocycles. The molecule has 1 heterocycles. The van der Waals surface area contributed by atoms with Gasteiger partial charge < -0.3 is 0 Å². The number of nitrogens with zero attached hydrogens (tertiary/aromatic N) is 1. The molecule has 0 unspecified atom stereocenters. The minimum absolute atomic E-state index is 0.191. The number of carbonyl (C=O) groups excluding carboxylic acids is 2. The molecule has 0 radical (unpaired) electrons. The van der Waals surface area contributed by atoms with E-state index in [1.165, 1.54) is 5.01 Å². The van der Waals surface area contributed by atoms with Crippen LogP contribution in [0.15, 0.2) is 53.0 Å². The number of hydrogen-bond acceptors (Lipinski definition) is 2. The van der Waals surface area contributed by atoms with Crippen LogP contribution in [0.4, 0.5) is 5.69 Å². The first-order valence-electron chi connectivity index (χ1n) is 6.13. The van der Waals surface area contributed by atoms with Gasteiger partial charge >= 0.3 is 0 Å².